The number of ketones is 1. The highest BCUT2D eigenvalue weighted by Crippen LogP contribution is 2.30. The maximum Gasteiger partial charge on any atom is 0.164 e. The molecule has 4 heteroatoms. The summed E-state index contributed by atoms with van der Waals surface area (Å²) in [6, 6.07) is 5.51. The van der Waals surface area contributed by atoms with Crippen LogP contribution in [0.5, 0.6) is 11.5 Å². The lowest BCUT2D eigenvalue weighted by molar-refractivity contribution is -0.115. The molecule has 1 rings (SSSR count). The third kappa shape index (κ3) is 2.96. The van der Waals surface area contributed by atoms with Crippen LogP contribution < -0.4 is 9.47 Å². The summed E-state index contributed by atoms with van der Waals surface area (Å²) in [5.41, 5.74) is 0.848. The molecule has 0 N–H and O–H groups in total. The van der Waals surface area contributed by atoms with Crippen LogP contribution in [0.1, 0.15) is 5.56 Å². The predicted molar refractivity (Wildman–Crippen MR) is 62.1 cm³/mol. The van der Waals surface area contributed by atoms with Crippen molar-refractivity contribution in [3.63, 3.8) is 0 Å². The number of rotatable bonds is 5. The zero-order valence-electron chi connectivity index (χ0n) is 8.75. The Hall–Kier alpha value is -1.03. The third-order valence-electron chi connectivity index (χ3n) is 2.02. The van der Waals surface area contributed by atoms with Gasteiger partial charge in [-0.3, -0.25) is 4.79 Å². The van der Waals surface area contributed by atoms with E-state index in [0.29, 0.717) is 23.2 Å². The lowest BCUT2D eigenvalue weighted by atomic mass is 10.1. The van der Waals surface area contributed by atoms with Gasteiger partial charge >= 0.3 is 0 Å². The van der Waals surface area contributed by atoms with Gasteiger partial charge in [0.1, 0.15) is 5.78 Å². The molecular formula is C11H13BrO3. The van der Waals surface area contributed by atoms with Gasteiger partial charge in [-0.25, -0.2) is 0 Å². The van der Waals surface area contributed by atoms with Crippen molar-refractivity contribution in [2.24, 2.45) is 0 Å². The van der Waals surface area contributed by atoms with Gasteiger partial charge < -0.3 is 9.47 Å². The van der Waals surface area contributed by atoms with Gasteiger partial charge in [0, 0.05) is 12.0 Å². The molecule has 0 radical (unpaired) electrons. The zero-order valence-corrected chi connectivity index (χ0v) is 10.3. The van der Waals surface area contributed by atoms with Crippen LogP contribution in [0, 0.1) is 0 Å². The molecule has 0 fully saturated rings. The second-order valence-corrected chi connectivity index (χ2v) is 3.56. The third-order valence-corrected chi connectivity index (χ3v) is 2.65. The minimum atomic E-state index is 0.113. The Bertz CT molecular complexity index is 350. The first kappa shape index (κ1) is 12.0. The number of Topliss-reactive ketones (excluding diaryl/α,β-unsaturated/α-hetero) is 1. The minimum absolute atomic E-state index is 0.113. The van der Waals surface area contributed by atoms with Crippen molar-refractivity contribution in [3.8, 4) is 11.5 Å². The van der Waals surface area contributed by atoms with Crippen molar-refractivity contribution in [1.29, 1.82) is 0 Å². The Kier molecular flexibility index (Phi) is 4.62. The zero-order chi connectivity index (χ0) is 11.3. The standard InChI is InChI=1S/C11H13BrO3/c1-14-10-5-3-4-8(11(10)15-2)6-9(13)7-12/h3-5H,6-7H2,1-2H3. The van der Waals surface area contributed by atoms with Gasteiger partial charge in [0.25, 0.3) is 0 Å². The van der Waals surface area contributed by atoms with E-state index < -0.39 is 0 Å². The number of hydrogen-bond donors (Lipinski definition) is 0. The molecule has 0 saturated heterocycles. The summed E-state index contributed by atoms with van der Waals surface area (Å²) < 4.78 is 10.4. The van der Waals surface area contributed by atoms with Gasteiger partial charge in [-0.1, -0.05) is 28.1 Å². The highest BCUT2D eigenvalue weighted by molar-refractivity contribution is 9.09. The van der Waals surface area contributed by atoms with Gasteiger partial charge in [-0.05, 0) is 6.07 Å². The number of hydrogen-bond acceptors (Lipinski definition) is 3. The normalized spacial score (nSPS) is 9.80. The molecule has 0 atom stereocenters. The molecule has 1 aromatic rings. The van der Waals surface area contributed by atoms with Gasteiger partial charge in [-0.15, -0.1) is 0 Å². The number of carbonyl (C=O) groups excluding carboxylic acids is 1. The maximum atomic E-state index is 11.3. The summed E-state index contributed by atoms with van der Waals surface area (Å²) in [6.07, 6.45) is 0.353. The van der Waals surface area contributed by atoms with Crippen LogP contribution in [-0.4, -0.2) is 25.3 Å². The van der Waals surface area contributed by atoms with Crippen molar-refractivity contribution in [3.05, 3.63) is 23.8 Å². The van der Waals surface area contributed by atoms with Crippen molar-refractivity contribution >= 4 is 21.7 Å². The first-order valence-electron chi connectivity index (χ1n) is 4.50. The van der Waals surface area contributed by atoms with Crippen LogP contribution in [0.15, 0.2) is 18.2 Å². The average Bonchev–Trinajstić information content (AvgIpc) is 2.28. The van der Waals surface area contributed by atoms with Gasteiger partial charge in [0.15, 0.2) is 11.5 Å². The van der Waals surface area contributed by atoms with Crippen molar-refractivity contribution in [1.82, 2.24) is 0 Å². The molecular weight excluding hydrogens is 260 g/mol. The molecule has 0 aliphatic heterocycles. The van der Waals surface area contributed by atoms with Crippen LogP contribution in [-0.2, 0) is 11.2 Å². The fourth-order valence-corrected chi connectivity index (χ4v) is 1.55. The van der Waals surface area contributed by atoms with E-state index >= 15 is 0 Å². The van der Waals surface area contributed by atoms with E-state index in [1.54, 1.807) is 20.3 Å². The van der Waals surface area contributed by atoms with E-state index in [2.05, 4.69) is 15.9 Å². The first-order chi connectivity index (χ1) is 7.22. The number of ether oxygens (including phenoxy) is 2. The Morgan fingerprint density at radius 1 is 1.33 bits per heavy atom. The SMILES string of the molecule is COc1cccc(CC(=O)CBr)c1OC. The molecule has 0 saturated carbocycles. The minimum Gasteiger partial charge on any atom is -0.493 e. The molecule has 0 aliphatic carbocycles. The smallest absolute Gasteiger partial charge is 0.164 e. The van der Waals surface area contributed by atoms with Gasteiger partial charge in [-0.2, -0.15) is 0 Å². The fourth-order valence-electron chi connectivity index (χ4n) is 1.35. The molecule has 0 spiro atoms. The fraction of sp³-hybridized carbons (Fsp3) is 0.364. The van der Waals surface area contributed by atoms with Crippen LogP contribution >= 0.6 is 15.9 Å². The first-order valence-corrected chi connectivity index (χ1v) is 5.62. The average molecular weight is 273 g/mol. The highest BCUT2D eigenvalue weighted by atomic mass is 79.9. The quantitative estimate of drug-likeness (QED) is 0.771. The number of para-hydroxylation sites is 1. The molecule has 0 heterocycles. The molecule has 0 unspecified atom stereocenters. The molecule has 0 bridgehead atoms. The molecule has 3 nitrogen and oxygen atoms in total. The largest absolute Gasteiger partial charge is 0.493 e. The van der Waals surface area contributed by atoms with Crippen molar-refractivity contribution in [2.45, 2.75) is 6.42 Å². The maximum absolute atomic E-state index is 11.3. The molecule has 0 aliphatic rings. The van der Waals surface area contributed by atoms with E-state index in [1.165, 1.54) is 0 Å². The summed E-state index contributed by atoms with van der Waals surface area (Å²) >= 11 is 3.13. The second kappa shape index (κ2) is 5.75. The molecule has 82 valence electrons. The Morgan fingerprint density at radius 2 is 2.07 bits per heavy atom. The lowest BCUT2D eigenvalue weighted by Gasteiger charge is -2.11. The van der Waals surface area contributed by atoms with E-state index in [9.17, 15) is 4.79 Å². The van der Waals surface area contributed by atoms with Crippen LogP contribution in [0.25, 0.3) is 0 Å². The molecule has 15 heavy (non-hydrogen) atoms. The van der Waals surface area contributed by atoms with Gasteiger partial charge in [0.05, 0.1) is 19.5 Å². The number of halogens is 1. The summed E-state index contributed by atoms with van der Waals surface area (Å²) in [4.78, 5) is 11.3. The number of alkyl halides is 1. The summed E-state index contributed by atoms with van der Waals surface area (Å²) in [5.74, 6) is 1.40. The number of methoxy groups -OCH3 is 2. The Balaban J connectivity index is 3.00. The van der Waals surface area contributed by atoms with E-state index in [-0.39, 0.29) is 5.78 Å². The van der Waals surface area contributed by atoms with Gasteiger partial charge in [0.2, 0.25) is 0 Å². The predicted octanol–water partition coefficient (Wildman–Crippen LogP) is 2.21. The highest BCUT2D eigenvalue weighted by Gasteiger charge is 2.11. The molecule has 0 amide bonds. The van der Waals surface area contributed by atoms with Crippen LogP contribution in [0.3, 0.4) is 0 Å². The number of benzene rings is 1. The lowest BCUT2D eigenvalue weighted by Crippen LogP contribution is -2.05. The second-order valence-electron chi connectivity index (χ2n) is 3.00. The van der Waals surface area contributed by atoms with E-state index in [4.69, 9.17) is 9.47 Å². The number of carbonyl (C=O) groups is 1. The van der Waals surface area contributed by atoms with Crippen LogP contribution in [0.2, 0.25) is 0 Å². The summed E-state index contributed by atoms with van der Waals surface area (Å²) in [5, 5.41) is 0.355. The summed E-state index contributed by atoms with van der Waals surface area (Å²) in [6.45, 7) is 0. The van der Waals surface area contributed by atoms with Crippen molar-refractivity contribution < 1.29 is 14.3 Å². The van der Waals surface area contributed by atoms with Crippen molar-refractivity contribution in [2.75, 3.05) is 19.5 Å². The Morgan fingerprint density at radius 3 is 2.60 bits per heavy atom. The van der Waals surface area contributed by atoms with E-state index in [0.717, 1.165) is 5.56 Å². The van der Waals surface area contributed by atoms with E-state index in [1.807, 2.05) is 12.1 Å². The Labute approximate surface area is 97.5 Å². The summed E-state index contributed by atoms with van der Waals surface area (Å²) in [7, 11) is 3.15. The topological polar surface area (TPSA) is 35.5 Å². The molecule has 1 aromatic carbocycles. The van der Waals surface area contributed by atoms with Crippen LogP contribution in [0.4, 0.5) is 0 Å². The monoisotopic (exact) mass is 272 g/mol. The molecule has 0 aromatic heterocycles.